The molecular weight excluding hydrogens is 262 g/mol. The Morgan fingerprint density at radius 1 is 1.35 bits per heavy atom. The quantitative estimate of drug-likeness (QED) is 0.511. The molecule has 0 aliphatic carbocycles. The van der Waals surface area contributed by atoms with Crippen molar-refractivity contribution in [2.45, 2.75) is 6.54 Å². The first-order chi connectivity index (χ1) is 9.60. The molecule has 2 rings (SSSR count). The lowest BCUT2D eigenvalue weighted by atomic mass is 10.3. The number of hydrogen-bond donors (Lipinski definition) is 1. The summed E-state index contributed by atoms with van der Waals surface area (Å²) in [6.45, 7) is -0.0379. The molecule has 0 spiro atoms. The maximum absolute atomic E-state index is 11.8. The highest BCUT2D eigenvalue weighted by Crippen LogP contribution is 2.17. The van der Waals surface area contributed by atoms with Gasteiger partial charge in [-0.2, -0.15) is 0 Å². The van der Waals surface area contributed by atoms with E-state index in [4.69, 9.17) is 0 Å². The molecule has 0 unspecified atom stereocenters. The molecule has 0 atom stereocenters. The summed E-state index contributed by atoms with van der Waals surface area (Å²) in [5.41, 5.74) is 0.626. The van der Waals surface area contributed by atoms with Crippen LogP contribution in [0.15, 0.2) is 42.6 Å². The van der Waals surface area contributed by atoms with Crippen molar-refractivity contribution in [3.63, 3.8) is 0 Å². The van der Waals surface area contributed by atoms with Gasteiger partial charge in [-0.05, 0) is 18.2 Å². The van der Waals surface area contributed by atoms with Crippen LogP contribution < -0.4 is 5.32 Å². The monoisotopic (exact) mass is 273 g/mol. The van der Waals surface area contributed by atoms with Crippen LogP contribution in [0.2, 0.25) is 0 Å². The highest BCUT2D eigenvalue weighted by Gasteiger charge is 2.09. The number of non-ortho nitro benzene ring substituents is 1. The number of amides is 1. The van der Waals surface area contributed by atoms with Gasteiger partial charge in [-0.1, -0.05) is 6.07 Å². The molecule has 1 aromatic carbocycles. The number of aromatic nitrogens is 1. The summed E-state index contributed by atoms with van der Waals surface area (Å²) >= 11 is 0. The van der Waals surface area contributed by atoms with Crippen LogP contribution >= 0.6 is 0 Å². The number of carbonyl (C=O) groups is 2. The fourth-order valence-electron chi connectivity index (χ4n) is 1.73. The molecule has 102 valence electrons. The van der Waals surface area contributed by atoms with E-state index in [0.29, 0.717) is 17.7 Å². The third kappa shape index (κ3) is 3.08. The second-order valence-corrected chi connectivity index (χ2v) is 4.03. The van der Waals surface area contributed by atoms with E-state index in [-0.39, 0.29) is 18.1 Å². The van der Waals surface area contributed by atoms with Crippen molar-refractivity contribution in [1.29, 1.82) is 0 Å². The van der Waals surface area contributed by atoms with Crippen LogP contribution in [0, 0.1) is 10.1 Å². The topological polar surface area (TPSA) is 94.2 Å². The molecular formula is C13H11N3O4. The number of carbonyl (C=O) groups excluding carboxylic acids is 2. The van der Waals surface area contributed by atoms with Crippen molar-refractivity contribution >= 4 is 23.6 Å². The maximum atomic E-state index is 11.8. The van der Waals surface area contributed by atoms with Crippen LogP contribution in [-0.2, 0) is 11.3 Å². The lowest BCUT2D eigenvalue weighted by molar-refractivity contribution is -0.384. The van der Waals surface area contributed by atoms with E-state index in [1.807, 2.05) is 0 Å². The van der Waals surface area contributed by atoms with Crippen molar-refractivity contribution in [3.05, 3.63) is 58.4 Å². The largest absolute Gasteiger partial charge is 0.336 e. The minimum atomic E-state index is -0.536. The SMILES string of the molecule is O=Cc1cccn1CC(=O)Nc1cccc([N+](=O)[O-])c1. The van der Waals surface area contributed by atoms with Crippen molar-refractivity contribution in [1.82, 2.24) is 4.57 Å². The summed E-state index contributed by atoms with van der Waals surface area (Å²) < 4.78 is 1.49. The first-order valence-corrected chi connectivity index (χ1v) is 5.75. The van der Waals surface area contributed by atoms with Crippen LogP contribution in [0.1, 0.15) is 10.5 Å². The molecule has 1 amide bonds. The van der Waals surface area contributed by atoms with Crippen LogP contribution in [0.4, 0.5) is 11.4 Å². The lowest BCUT2D eigenvalue weighted by Crippen LogP contribution is -2.19. The zero-order valence-corrected chi connectivity index (χ0v) is 10.4. The molecule has 0 aliphatic rings. The van der Waals surface area contributed by atoms with Gasteiger partial charge in [0.1, 0.15) is 6.54 Å². The average Bonchev–Trinajstić information content (AvgIpc) is 2.86. The molecule has 0 saturated heterocycles. The third-order valence-electron chi connectivity index (χ3n) is 2.64. The van der Waals surface area contributed by atoms with Gasteiger partial charge in [-0.3, -0.25) is 19.7 Å². The van der Waals surface area contributed by atoms with E-state index < -0.39 is 4.92 Å². The summed E-state index contributed by atoms with van der Waals surface area (Å²) in [5, 5.41) is 13.2. The van der Waals surface area contributed by atoms with Crippen LogP contribution in [0.25, 0.3) is 0 Å². The third-order valence-corrected chi connectivity index (χ3v) is 2.64. The minimum absolute atomic E-state index is 0.0379. The molecule has 1 heterocycles. The Bertz CT molecular complexity index is 663. The Hall–Kier alpha value is -2.96. The maximum Gasteiger partial charge on any atom is 0.271 e. The van der Waals surface area contributed by atoms with E-state index in [1.165, 1.54) is 22.8 Å². The van der Waals surface area contributed by atoms with E-state index in [2.05, 4.69) is 5.32 Å². The predicted molar refractivity (Wildman–Crippen MR) is 71.5 cm³/mol. The van der Waals surface area contributed by atoms with Gasteiger partial charge in [0, 0.05) is 24.0 Å². The molecule has 20 heavy (non-hydrogen) atoms. The van der Waals surface area contributed by atoms with E-state index in [9.17, 15) is 19.7 Å². The van der Waals surface area contributed by atoms with E-state index >= 15 is 0 Å². The van der Waals surface area contributed by atoms with Gasteiger partial charge < -0.3 is 9.88 Å². The molecule has 7 heteroatoms. The number of rotatable bonds is 5. The molecule has 0 saturated carbocycles. The molecule has 7 nitrogen and oxygen atoms in total. The summed E-state index contributed by atoms with van der Waals surface area (Å²) in [6, 6.07) is 8.90. The number of nitrogens with one attached hydrogen (secondary N) is 1. The lowest BCUT2D eigenvalue weighted by Gasteiger charge is -2.07. The van der Waals surface area contributed by atoms with Gasteiger partial charge in [-0.25, -0.2) is 0 Å². The van der Waals surface area contributed by atoms with Gasteiger partial charge in [0.25, 0.3) is 5.69 Å². The summed E-state index contributed by atoms with van der Waals surface area (Å²) in [7, 11) is 0. The standard InChI is InChI=1S/C13H11N3O4/c17-9-12-5-2-6-15(12)8-13(18)14-10-3-1-4-11(7-10)16(19)20/h1-7,9H,8H2,(H,14,18). The van der Waals surface area contributed by atoms with Gasteiger partial charge in [0.05, 0.1) is 10.6 Å². The van der Waals surface area contributed by atoms with Crippen molar-refractivity contribution in [2.75, 3.05) is 5.32 Å². The molecule has 0 fully saturated rings. The van der Waals surface area contributed by atoms with Crippen molar-refractivity contribution < 1.29 is 14.5 Å². The molecule has 0 bridgehead atoms. The molecule has 0 aliphatic heterocycles. The highest BCUT2D eigenvalue weighted by atomic mass is 16.6. The number of nitro groups is 1. The van der Waals surface area contributed by atoms with Gasteiger partial charge in [0.2, 0.25) is 5.91 Å². The summed E-state index contributed by atoms with van der Waals surface area (Å²) in [6.07, 6.45) is 2.26. The van der Waals surface area contributed by atoms with Crippen LogP contribution in [-0.4, -0.2) is 21.7 Å². The minimum Gasteiger partial charge on any atom is -0.336 e. The summed E-state index contributed by atoms with van der Waals surface area (Å²) in [4.78, 5) is 32.6. The second-order valence-electron chi connectivity index (χ2n) is 4.03. The number of aldehydes is 1. The van der Waals surface area contributed by atoms with Crippen molar-refractivity contribution in [3.8, 4) is 0 Å². The number of hydrogen-bond acceptors (Lipinski definition) is 4. The Balaban J connectivity index is 2.06. The first-order valence-electron chi connectivity index (χ1n) is 5.75. The Morgan fingerprint density at radius 2 is 2.15 bits per heavy atom. The Morgan fingerprint density at radius 3 is 2.85 bits per heavy atom. The zero-order valence-electron chi connectivity index (χ0n) is 10.4. The first kappa shape index (κ1) is 13.5. The number of anilines is 1. The molecule has 1 aromatic heterocycles. The molecule has 2 aromatic rings. The van der Waals surface area contributed by atoms with Crippen molar-refractivity contribution in [2.24, 2.45) is 0 Å². The van der Waals surface area contributed by atoms with E-state index in [0.717, 1.165) is 0 Å². The molecule has 1 N–H and O–H groups in total. The Kier molecular flexibility index (Phi) is 3.90. The normalized spacial score (nSPS) is 10.0. The zero-order chi connectivity index (χ0) is 14.5. The molecule has 0 radical (unpaired) electrons. The fraction of sp³-hybridized carbons (Fsp3) is 0.0769. The van der Waals surface area contributed by atoms with E-state index in [1.54, 1.807) is 24.4 Å². The van der Waals surface area contributed by atoms with Gasteiger partial charge >= 0.3 is 0 Å². The predicted octanol–water partition coefficient (Wildman–Crippen LogP) is 1.85. The Labute approximate surface area is 114 Å². The number of nitro benzene ring substituents is 1. The second kappa shape index (κ2) is 5.79. The van der Waals surface area contributed by atoms with Gasteiger partial charge in [0.15, 0.2) is 6.29 Å². The number of benzene rings is 1. The average molecular weight is 273 g/mol. The summed E-state index contributed by atoms with van der Waals surface area (Å²) in [5.74, 6) is -0.371. The van der Waals surface area contributed by atoms with Crippen LogP contribution in [0.3, 0.4) is 0 Å². The number of nitrogens with zero attached hydrogens (tertiary/aromatic N) is 2. The van der Waals surface area contributed by atoms with Gasteiger partial charge in [-0.15, -0.1) is 0 Å². The fourth-order valence-corrected chi connectivity index (χ4v) is 1.73. The smallest absolute Gasteiger partial charge is 0.271 e. The van der Waals surface area contributed by atoms with Crippen LogP contribution in [0.5, 0.6) is 0 Å². The highest BCUT2D eigenvalue weighted by molar-refractivity contribution is 5.91.